The fourth-order valence-corrected chi connectivity index (χ4v) is 1.98. The molecule has 76 valence electrons. The number of aromatic amines is 1. The minimum atomic E-state index is 0.0259. The van der Waals surface area contributed by atoms with Gasteiger partial charge in [-0.05, 0) is 18.9 Å². The minimum Gasteiger partial charge on any atom is -0.329 e. The van der Waals surface area contributed by atoms with Crippen LogP contribution >= 0.6 is 0 Å². The van der Waals surface area contributed by atoms with E-state index in [0.29, 0.717) is 12.6 Å². The van der Waals surface area contributed by atoms with Gasteiger partial charge in [0.1, 0.15) is 0 Å². The Morgan fingerprint density at radius 1 is 1.43 bits per heavy atom. The summed E-state index contributed by atoms with van der Waals surface area (Å²) in [6.45, 7) is 0.695. The molecule has 0 radical (unpaired) electrons. The van der Waals surface area contributed by atoms with E-state index in [9.17, 15) is 4.79 Å². The maximum absolute atomic E-state index is 11.3. The molecule has 0 amide bonds. The standard InChI is InChI=1S/C11H16N2O/c14-11-9(4-3-7-12-11)8-13-10-5-1-2-6-10/h3-4,7,10,13H,1-2,5-6,8H2,(H,12,14). The van der Waals surface area contributed by atoms with E-state index in [-0.39, 0.29) is 5.56 Å². The molecular weight excluding hydrogens is 176 g/mol. The first-order valence-corrected chi connectivity index (χ1v) is 5.26. The third-order valence-corrected chi connectivity index (χ3v) is 2.84. The maximum atomic E-state index is 11.3. The summed E-state index contributed by atoms with van der Waals surface area (Å²) >= 11 is 0. The van der Waals surface area contributed by atoms with E-state index in [1.807, 2.05) is 12.1 Å². The van der Waals surface area contributed by atoms with Crippen LogP contribution in [0.1, 0.15) is 31.2 Å². The Labute approximate surface area is 83.5 Å². The molecule has 3 nitrogen and oxygen atoms in total. The lowest BCUT2D eigenvalue weighted by Crippen LogP contribution is -2.28. The predicted molar refractivity (Wildman–Crippen MR) is 56.2 cm³/mol. The van der Waals surface area contributed by atoms with E-state index in [2.05, 4.69) is 10.3 Å². The molecule has 14 heavy (non-hydrogen) atoms. The number of H-pyrrole nitrogens is 1. The summed E-state index contributed by atoms with van der Waals surface area (Å²) in [5.41, 5.74) is 0.859. The molecule has 1 aliphatic carbocycles. The quantitative estimate of drug-likeness (QED) is 0.760. The highest BCUT2D eigenvalue weighted by atomic mass is 16.1. The Kier molecular flexibility index (Phi) is 2.99. The van der Waals surface area contributed by atoms with Gasteiger partial charge >= 0.3 is 0 Å². The van der Waals surface area contributed by atoms with Crippen LogP contribution in [-0.2, 0) is 6.54 Å². The second-order valence-corrected chi connectivity index (χ2v) is 3.89. The summed E-state index contributed by atoms with van der Waals surface area (Å²) < 4.78 is 0. The molecule has 0 unspecified atom stereocenters. The first-order chi connectivity index (χ1) is 6.86. The lowest BCUT2D eigenvalue weighted by Gasteiger charge is -2.10. The van der Waals surface area contributed by atoms with Gasteiger partial charge in [0.15, 0.2) is 0 Å². The van der Waals surface area contributed by atoms with Gasteiger partial charge in [-0.25, -0.2) is 0 Å². The molecule has 1 aromatic heterocycles. The Morgan fingerprint density at radius 2 is 2.21 bits per heavy atom. The average Bonchev–Trinajstić information content (AvgIpc) is 2.69. The Hall–Kier alpha value is -1.09. The van der Waals surface area contributed by atoms with Crippen molar-refractivity contribution in [3.63, 3.8) is 0 Å². The van der Waals surface area contributed by atoms with Crippen molar-refractivity contribution in [2.24, 2.45) is 0 Å². The molecular formula is C11H16N2O. The van der Waals surface area contributed by atoms with Gasteiger partial charge in [0.2, 0.25) is 0 Å². The zero-order chi connectivity index (χ0) is 9.80. The fraction of sp³-hybridized carbons (Fsp3) is 0.545. The Morgan fingerprint density at radius 3 is 2.93 bits per heavy atom. The normalized spacial score (nSPS) is 17.4. The molecule has 0 aromatic carbocycles. The highest BCUT2D eigenvalue weighted by molar-refractivity contribution is 5.08. The number of hydrogen-bond acceptors (Lipinski definition) is 2. The van der Waals surface area contributed by atoms with Crippen LogP contribution in [0, 0.1) is 0 Å². The van der Waals surface area contributed by atoms with Crippen LogP contribution in [0.5, 0.6) is 0 Å². The third-order valence-electron chi connectivity index (χ3n) is 2.84. The zero-order valence-corrected chi connectivity index (χ0v) is 8.25. The van der Waals surface area contributed by atoms with Gasteiger partial charge in [-0.15, -0.1) is 0 Å². The first-order valence-electron chi connectivity index (χ1n) is 5.26. The number of aromatic nitrogens is 1. The summed E-state index contributed by atoms with van der Waals surface area (Å²) in [6, 6.07) is 4.36. The Balaban J connectivity index is 1.91. The van der Waals surface area contributed by atoms with Crippen molar-refractivity contribution in [3.05, 3.63) is 34.2 Å². The van der Waals surface area contributed by atoms with Crippen molar-refractivity contribution in [2.45, 2.75) is 38.3 Å². The van der Waals surface area contributed by atoms with Crippen molar-refractivity contribution in [3.8, 4) is 0 Å². The lowest BCUT2D eigenvalue weighted by atomic mass is 10.2. The molecule has 0 spiro atoms. The lowest BCUT2D eigenvalue weighted by molar-refractivity contribution is 0.522. The van der Waals surface area contributed by atoms with Gasteiger partial charge in [0.05, 0.1) is 0 Å². The molecule has 0 bridgehead atoms. The SMILES string of the molecule is O=c1[nH]cccc1CNC1CCCC1. The molecule has 1 fully saturated rings. The van der Waals surface area contributed by atoms with E-state index in [4.69, 9.17) is 0 Å². The molecule has 0 saturated heterocycles. The number of pyridine rings is 1. The molecule has 0 atom stereocenters. The van der Waals surface area contributed by atoms with Gasteiger partial charge in [-0.1, -0.05) is 18.9 Å². The van der Waals surface area contributed by atoms with Crippen molar-refractivity contribution in [2.75, 3.05) is 0 Å². The number of hydrogen-bond donors (Lipinski definition) is 2. The Bertz CT molecular complexity index is 339. The summed E-state index contributed by atoms with van der Waals surface area (Å²) in [4.78, 5) is 14.0. The molecule has 1 heterocycles. The largest absolute Gasteiger partial charge is 0.329 e. The summed E-state index contributed by atoms with van der Waals surface area (Å²) in [5, 5.41) is 3.42. The van der Waals surface area contributed by atoms with E-state index in [1.165, 1.54) is 25.7 Å². The zero-order valence-electron chi connectivity index (χ0n) is 8.25. The first kappa shape index (κ1) is 9.46. The third kappa shape index (κ3) is 2.23. The molecule has 3 heteroatoms. The highest BCUT2D eigenvalue weighted by Crippen LogP contribution is 2.17. The van der Waals surface area contributed by atoms with Crippen LogP contribution in [0.4, 0.5) is 0 Å². The van der Waals surface area contributed by atoms with E-state index < -0.39 is 0 Å². The van der Waals surface area contributed by atoms with E-state index in [1.54, 1.807) is 6.20 Å². The predicted octanol–water partition coefficient (Wildman–Crippen LogP) is 1.41. The molecule has 1 saturated carbocycles. The van der Waals surface area contributed by atoms with E-state index in [0.717, 1.165) is 5.56 Å². The average molecular weight is 192 g/mol. The van der Waals surface area contributed by atoms with Crippen molar-refractivity contribution in [1.29, 1.82) is 0 Å². The van der Waals surface area contributed by atoms with Crippen LogP contribution in [0.3, 0.4) is 0 Å². The van der Waals surface area contributed by atoms with Gasteiger partial charge in [0.25, 0.3) is 5.56 Å². The smallest absolute Gasteiger partial charge is 0.252 e. The summed E-state index contributed by atoms with van der Waals surface area (Å²) in [5.74, 6) is 0. The van der Waals surface area contributed by atoms with Gasteiger partial charge in [-0.3, -0.25) is 4.79 Å². The van der Waals surface area contributed by atoms with Gasteiger partial charge in [-0.2, -0.15) is 0 Å². The van der Waals surface area contributed by atoms with Crippen LogP contribution < -0.4 is 10.9 Å². The molecule has 0 aliphatic heterocycles. The number of rotatable bonds is 3. The number of nitrogens with one attached hydrogen (secondary N) is 2. The summed E-state index contributed by atoms with van der Waals surface area (Å²) in [7, 11) is 0. The molecule has 2 N–H and O–H groups in total. The van der Waals surface area contributed by atoms with Gasteiger partial charge < -0.3 is 10.3 Å². The molecule has 1 aromatic rings. The van der Waals surface area contributed by atoms with E-state index >= 15 is 0 Å². The minimum absolute atomic E-state index is 0.0259. The summed E-state index contributed by atoms with van der Waals surface area (Å²) in [6.07, 6.45) is 6.82. The van der Waals surface area contributed by atoms with Crippen LogP contribution in [0.2, 0.25) is 0 Å². The van der Waals surface area contributed by atoms with Crippen molar-refractivity contribution in [1.82, 2.24) is 10.3 Å². The maximum Gasteiger partial charge on any atom is 0.252 e. The van der Waals surface area contributed by atoms with Crippen LogP contribution in [-0.4, -0.2) is 11.0 Å². The van der Waals surface area contributed by atoms with Gasteiger partial charge in [0, 0.05) is 24.3 Å². The molecule has 2 rings (SSSR count). The van der Waals surface area contributed by atoms with Crippen LogP contribution in [0.25, 0.3) is 0 Å². The van der Waals surface area contributed by atoms with Crippen molar-refractivity contribution < 1.29 is 0 Å². The fourth-order valence-electron chi connectivity index (χ4n) is 1.98. The highest BCUT2D eigenvalue weighted by Gasteiger charge is 2.13. The molecule has 1 aliphatic rings. The topological polar surface area (TPSA) is 44.9 Å². The monoisotopic (exact) mass is 192 g/mol. The van der Waals surface area contributed by atoms with Crippen LogP contribution in [0.15, 0.2) is 23.1 Å². The second kappa shape index (κ2) is 4.42. The van der Waals surface area contributed by atoms with Crippen molar-refractivity contribution >= 4 is 0 Å². The second-order valence-electron chi connectivity index (χ2n) is 3.89.